The molecule has 3 N–H and O–H groups in total. The maximum atomic E-state index is 12.2. The summed E-state index contributed by atoms with van der Waals surface area (Å²) >= 11 is 0. The number of ether oxygens (including phenoxy) is 1. The van der Waals surface area contributed by atoms with Gasteiger partial charge in [0.05, 0.1) is 11.5 Å². The highest BCUT2D eigenvalue weighted by Gasteiger charge is 2.31. The Balaban J connectivity index is 0.00000200. The Morgan fingerprint density at radius 1 is 1.45 bits per heavy atom. The fraction of sp³-hybridized carbons (Fsp3) is 0.533. The van der Waals surface area contributed by atoms with Crippen LogP contribution in [0.5, 0.6) is 0 Å². The van der Waals surface area contributed by atoms with Gasteiger partial charge in [0.15, 0.2) is 0 Å². The standard InChI is InChI=1S/C15H22N2O2.ClH/c1-15(8-5-9-19-15)11-17-14(18)13(10-16)12-6-3-2-4-7-12;/h2-4,6-7,13H,5,8-11,16H2,1H3,(H,17,18);1H. The van der Waals surface area contributed by atoms with E-state index in [1.54, 1.807) is 0 Å². The number of amides is 1. The molecule has 2 rings (SSSR count). The van der Waals surface area contributed by atoms with Crippen molar-refractivity contribution in [2.75, 3.05) is 19.7 Å². The van der Waals surface area contributed by atoms with Crippen molar-refractivity contribution in [2.24, 2.45) is 5.73 Å². The number of benzene rings is 1. The van der Waals surface area contributed by atoms with Crippen LogP contribution in [0.3, 0.4) is 0 Å². The fourth-order valence-corrected chi connectivity index (χ4v) is 2.45. The van der Waals surface area contributed by atoms with Crippen LogP contribution in [0.4, 0.5) is 0 Å². The van der Waals surface area contributed by atoms with Crippen molar-refractivity contribution in [2.45, 2.75) is 31.3 Å². The quantitative estimate of drug-likeness (QED) is 0.872. The fourth-order valence-electron chi connectivity index (χ4n) is 2.45. The Hall–Kier alpha value is -1.10. The van der Waals surface area contributed by atoms with Gasteiger partial charge in [0.2, 0.25) is 5.91 Å². The summed E-state index contributed by atoms with van der Waals surface area (Å²) in [6.45, 7) is 3.69. The predicted molar refractivity (Wildman–Crippen MR) is 82.1 cm³/mol. The number of nitrogens with two attached hydrogens (primary N) is 1. The summed E-state index contributed by atoms with van der Waals surface area (Å²) in [6.07, 6.45) is 2.05. The molecule has 1 heterocycles. The van der Waals surface area contributed by atoms with Crippen LogP contribution in [0.1, 0.15) is 31.2 Å². The van der Waals surface area contributed by atoms with E-state index in [0.717, 1.165) is 25.0 Å². The van der Waals surface area contributed by atoms with Gasteiger partial charge in [-0.25, -0.2) is 0 Å². The lowest BCUT2D eigenvalue weighted by Gasteiger charge is -2.25. The minimum Gasteiger partial charge on any atom is -0.373 e. The van der Waals surface area contributed by atoms with Crippen molar-refractivity contribution in [3.05, 3.63) is 35.9 Å². The summed E-state index contributed by atoms with van der Waals surface area (Å²) in [5, 5.41) is 2.97. The number of carbonyl (C=O) groups excluding carboxylic acids is 1. The number of rotatable bonds is 5. The zero-order valence-corrected chi connectivity index (χ0v) is 12.6. The first kappa shape index (κ1) is 17.0. The molecule has 20 heavy (non-hydrogen) atoms. The summed E-state index contributed by atoms with van der Waals surface area (Å²) < 4.78 is 5.66. The largest absolute Gasteiger partial charge is 0.373 e. The second-order valence-electron chi connectivity index (χ2n) is 5.32. The van der Waals surface area contributed by atoms with E-state index in [1.807, 2.05) is 37.3 Å². The van der Waals surface area contributed by atoms with Crippen LogP contribution in [-0.2, 0) is 9.53 Å². The van der Waals surface area contributed by atoms with E-state index in [0.29, 0.717) is 13.1 Å². The average molecular weight is 299 g/mol. The summed E-state index contributed by atoms with van der Waals surface area (Å²) in [5.41, 5.74) is 6.47. The topological polar surface area (TPSA) is 64.4 Å². The number of halogens is 1. The van der Waals surface area contributed by atoms with Crippen molar-refractivity contribution in [3.63, 3.8) is 0 Å². The molecule has 1 saturated heterocycles. The van der Waals surface area contributed by atoms with E-state index < -0.39 is 0 Å². The molecule has 1 aromatic rings. The smallest absolute Gasteiger partial charge is 0.228 e. The summed E-state index contributed by atoms with van der Waals surface area (Å²) in [4.78, 5) is 12.2. The SMILES string of the molecule is CC1(CNC(=O)C(CN)c2ccccc2)CCCO1.Cl. The number of carbonyl (C=O) groups is 1. The highest BCUT2D eigenvalue weighted by molar-refractivity contribution is 5.85. The molecule has 1 aliphatic rings. The Bertz CT molecular complexity index is 419. The van der Waals surface area contributed by atoms with Gasteiger partial charge in [0.25, 0.3) is 0 Å². The molecule has 1 aliphatic heterocycles. The molecule has 2 unspecified atom stereocenters. The van der Waals surface area contributed by atoms with E-state index in [2.05, 4.69) is 5.32 Å². The maximum absolute atomic E-state index is 12.2. The summed E-state index contributed by atoms with van der Waals surface area (Å²) in [5.74, 6) is -0.309. The molecule has 0 saturated carbocycles. The zero-order chi connectivity index (χ0) is 13.7. The Morgan fingerprint density at radius 3 is 2.70 bits per heavy atom. The van der Waals surface area contributed by atoms with E-state index in [9.17, 15) is 4.79 Å². The van der Waals surface area contributed by atoms with Gasteiger partial charge >= 0.3 is 0 Å². The van der Waals surface area contributed by atoms with Gasteiger partial charge in [-0.3, -0.25) is 4.79 Å². The molecule has 1 amide bonds. The van der Waals surface area contributed by atoms with E-state index in [-0.39, 0.29) is 29.8 Å². The van der Waals surface area contributed by atoms with E-state index in [1.165, 1.54) is 0 Å². The molecular formula is C15H23ClN2O2. The zero-order valence-electron chi connectivity index (χ0n) is 11.8. The number of nitrogens with one attached hydrogen (secondary N) is 1. The van der Waals surface area contributed by atoms with Crippen LogP contribution in [0.15, 0.2) is 30.3 Å². The molecule has 0 radical (unpaired) electrons. The minimum atomic E-state index is -0.286. The normalized spacial score (nSPS) is 22.9. The molecule has 2 atom stereocenters. The van der Waals surface area contributed by atoms with E-state index >= 15 is 0 Å². The highest BCUT2D eigenvalue weighted by atomic mass is 35.5. The second-order valence-corrected chi connectivity index (χ2v) is 5.32. The van der Waals surface area contributed by atoms with E-state index in [4.69, 9.17) is 10.5 Å². The predicted octanol–water partition coefficient (Wildman–Crippen LogP) is 1.84. The van der Waals surface area contributed by atoms with Crippen molar-refractivity contribution in [3.8, 4) is 0 Å². The van der Waals surface area contributed by atoms with Gasteiger partial charge in [0.1, 0.15) is 0 Å². The average Bonchev–Trinajstić information content (AvgIpc) is 2.86. The molecule has 1 aromatic carbocycles. The third-order valence-corrected chi connectivity index (χ3v) is 3.69. The van der Waals surface area contributed by atoms with Crippen LogP contribution in [0.2, 0.25) is 0 Å². The lowest BCUT2D eigenvalue weighted by Crippen LogP contribution is -2.43. The molecule has 0 bridgehead atoms. The maximum Gasteiger partial charge on any atom is 0.228 e. The van der Waals surface area contributed by atoms with Gasteiger partial charge in [-0.15, -0.1) is 12.4 Å². The lowest BCUT2D eigenvalue weighted by atomic mass is 9.97. The third-order valence-electron chi connectivity index (χ3n) is 3.69. The van der Waals surface area contributed by atoms with Crippen LogP contribution in [0.25, 0.3) is 0 Å². The Labute approximate surface area is 126 Å². The monoisotopic (exact) mass is 298 g/mol. The molecule has 4 nitrogen and oxygen atoms in total. The van der Waals surface area contributed by atoms with Crippen LogP contribution in [-0.4, -0.2) is 31.2 Å². The first-order valence-corrected chi connectivity index (χ1v) is 6.81. The lowest BCUT2D eigenvalue weighted by molar-refractivity contribution is -0.123. The number of hydrogen-bond acceptors (Lipinski definition) is 3. The van der Waals surface area contributed by atoms with Gasteiger partial charge in [-0.1, -0.05) is 30.3 Å². The number of hydrogen-bond donors (Lipinski definition) is 2. The van der Waals surface area contributed by atoms with Gasteiger partial charge < -0.3 is 15.8 Å². The third kappa shape index (κ3) is 4.20. The molecule has 0 aliphatic carbocycles. The minimum absolute atomic E-state index is 0. The van der Waals surface area contributed by atoms with Gasteiger partial charge in [0, 0.05) is 19.7 Å². The highest BCUT2D eigenvalue weighted by Crippen LogP contribution is 2.24. The van der Waals surface area contributed by atoms with Crippen molar-refractivity contribution >= 4 is 18.3 Å². The van der Waals surface area contributed by atoms with Gasteiger partial charge in [-0.05, 0) is 25.3 Å². The first-order valence-electron chi connectivity index (χ1n) is 6.81. The molecule has 112 valence electrons. The van der Waals surface area contributed by atoms with Crippen molar-refractivity contribution < 1.29 is 9.53 Å². The summed E-state index contributed by atoms with van der Waals surface area (Å²) in [7, 11) is 0. The Kier molecular flexibility index (Phi) is 6.46. The van der Waals surface area contributed by atoms with Crippen LogP contribution >= 0.6 is 12.4 Å². The van der Waals surface area contributed by atoms with Gasteiger partial charge in [-0.2, -0.15) is 0 Å². The molecule has 5 heteroatoms. The summed E-state index contributed by atoms with van der Waals surface area (Å²) in [6, 6.07) is 9.65. The Morgan fingerprint density at radius 2 is 2.15 bits per heavy atom. The van der Waals surface area contributed by atoms with Crippen molar-refractivity contribution in [1.82, 2.24) is 5.32 Å². The first-order chi connectivity index (χ1) is 9.14. The van der Waals surface area contributed by atoms with Crippen LogP contribution < -0.4 is 11.1 Å². The molecule has 0 spiro atoms. The van der Waals surface area contributed by atoms with Crippen LogP contribution in [0, 0.1) is 0 Å². The van der Waals surface area contributed by atoms with Crippen molar-refractivity contribution in [1.29, 1.82) is 0 Å². The molecule has 0 aromatic heterocycles. The second kappa shape index (κ2) is 7.62. The molecular weight excluding hydrogens is 276 g/mol. The molecule has 1 fully saturated rings.